The lowest BCUT2D eigenvalue weighted by Crippen LogP contribution is -2.14. The Kier molecular flexibility index (Phi) is 4.50. The zero-order valence-electron chi connectivity index (χ0n) is 8.03. The third-order valence-electron chi connectivity index (χ3n) is 1.82. The smallest absolute Gasteiger partial charge is 0.387 e. The van der Waals surface area contributed by atoms with Gasteiger partial charge in [-0.15, -0.1) is 0 Å². The molecule has 0 spiro atoms. The predicted molar refractivity (Wildman–Crippen MR) is 55.7 cm³/mol. The van der Waals surface area contributed by atoms with E-state index in [1.807, 2.05) is 0 Å². The molecule has 1 rings (SSSR count). The molecule has 1 aromatic rings. The lowest BCUT2D eigenvalue weighted by atomic mass is 10.1. The van der Waals surface area contributed by atoms with Crippen LogP contribution in [0.3, 0.4) is 0 Å². The molecule has 1 atom stereocenters. The van der Waals surface area contributed by atoms with Crippen LogP contribution in [0.4, 0.5) is 8.78 Å². The number of aliphatic carboxylic acids is 1. The number of rotatable bonds is 4. The quantitative estimate of drug-likeness (QED) is 0.893. The van der Waals surface area contributed by atoms with Crippen LogP contribution in [-0.4, -0.2) is 22.8 Å². The maximum atomic E-state index is 12.1. The van der Waals surface area contributed by atoms with Crippen LogP contribution in [0.5, 0.6) is 5.75 Å². The maximum Gasteiger partial charge on any atom is 0.387 e. The summed E-state index contributed by atoms with van der Waals surface area (Å²) in [6.07, 6.45) is -2.10. The monoisotopic (exact) mass is 286 g/mol. The average Bonchev–Trinajstić information content (AvgIpc) is 2.22. The standard InChI is InChI=1S/C9H6Cl2F2O4/c10-3-1-2-4(17-9(12)13)5(6(3)11)7(14)8(15)16/h1-2,7,9,14H,(H,15,16)/t7-/m0/s1. The molecule has 0 aromatic heterocycles. The first-order chi connectivity index (χ1) is 7.84. The van der Waals surface area contributed by atoms with Crippen LogP contribution in [0.25, 0.3) is 0 Å². The van der Waals surface area contributed by atoms with Gasteiger partial charge in [-0.3, -0.25) is 0 Å². The van der Waals surface area contributed by atoms with Crippen molar-refractivity contribution < 1.29 is 28.5 Å². The van der Waals surface area contributed by atoms with Crippen molar-refractivity contribution in [3.63, 3.8) is 0 Å². The second-order valence-corrected chi connectivity index (χ2v) is 3.68. The van der Waals surface area contributed by atoms with E-state index in [1.54, 1.807) is 0 Å². The number of hydrogen-bond donors (Lipinski definition) is 2. The van der Waals surface area contributed by atoms with E-state index in [1.165, 1.54) is 0 Å². The van der Waals surface area contributed by atoms with Crippen molar-refractivity contribution in [3.8, 4) is 5.75 Å². The third-order valence-corrected chi connectivity index (χ3v) is 2.63. The Balaban J connectivity index is 3.30. The summed E-state index contributed by atoms with van der Waals surface area (Å²) in [5, 5.41) is 17.5. The van der Waals surface area contributed by atoms with Crippen LogP contribution >= 0.6 is 23.2 Å². The number of hydrogen-bond acceptors (Lipinski definition) is 3. The molecule has 0 aliphatic carbocycles. The fraction of sp³-hybridized carbons (Fsp3) is 0.222. The molecule has 0 unspecified atom stereocenters. The maximum absolute atomic E-state index is 12.1. The molecule has 0 saturated heterocycles. The van der Waals surface area contributed by atoms with Crippen LogP contribution in [0, 0.1) is 0 Å². The summed E-state index contributed by atoms with van der Waals surface area (Å²) >= 11 is 11.2. The van der Waals surface area contributed by atoms with E-state index in [0.29, 0.717) is 0 Å². The second kappa shape index (κ2) is 5.48. The molecule has 0 fully saturated rings. The Morgan fingerprint density at radius 1 is 1.35 bits per heavy atom. The summed E-state index contributed by atoms with van der Waals surface area (Å²) < 4.78 is 28.2. The first-order valence-electron chi connectivity index (χ1n) is 4.18. The van der Waals surface area contributed by atoms with Gasteiger partial charge in [-0.25, -0.2) is 4.79 Å². The molecule has 0 heterocycles. The van der Waals surface area contributed by atoms with Gasteiger partial charge in [-0.1, -0.05) is 23.2 Å². The summed E-state index contributed by atoms with van der Waals surface area (Å²) in [5.41, 5.74) is -0.507. The number of aliphatic hydroxyl groups excluding tert-OH is 1. The second-order valence-electron chi connectivity index (χ2n) is 2.89. The molecule has 0 radical (unpaired) electrons. The van der Waals surface area contributed by atoms with Gasteiger partial charge in [0.05, 0.1) is 15.6 Å². The normalized spacial score (nSPS) is 12.6. The average molecular weight is 287 g/mol. The van der Waals surface area contributed by atoms with Gasteiger partial charge in [0.2, 0.25) is 0 Å². The van der Waals surface area contributed by atoms with Crippen molar-refractivity contribution in [2.75, 3.05) is 0 Å². The number of carbonyl (C=O) groups is 1. The van der Waals surface area contributed by atoms with Crippen LogP contribution in [0.1, 0.15) is 11.7 Å². The fourth-order valence-corrected chi connectivity index (χ4v) is 1.55. The Morgan fingerprint density at radius 3 is 2.41 bits per heavy atom. The molecule has 0 bridgehead atoms. The van der Waals surface area contributed by atoms with E-state index in [9.17, 15) is 18.7 Å². The van der Waals surface area contributed by atoms with E-state index in [0.717, 1.165) is 12.1 Å². The number of benzene rings is 1. The molecule has 2 N–H and O–H groups in total. The van der Waals surface area contributed by atoms with Crippen LogP contribution in [0.2, 0.25) is 10.0 Å². The molecule has 0 aliphatic rings. The van der Waals surface area contributed by atoms with Gasteiger partial charge < -0.3 is 14.9 Å². The first-order valence-corrected chi connectivity index (χ1v) is 4.93. The van der Waals surface area contributed by atoms with Crippen LogP contribution in [0.15, 0.2) is 12.1 Å². The highest BCUT2D eigenvalue weighted by atomic mass is 35.5. The number of aliphatic hydroxyl groups is 1. The number of halogens is 4. The largest absolute Gasteiger partial charge is 0.479 e. The molecule has 0 amide bonds. The fourth-order valence-electron chi connectivity index (χ4n) is 1.13. The van der Waals surface area contributed by atoms with Gasteiger partial charge in [0.25, 0.3) is 0 Å². The Morgan fingerprint density at radius 2 is 1.94 bits per heavy atom. The van der Waals surface area contributed by atoms with E-state index in [2.05, 4.69) is 4.74 Å². The van der Waals surface area contributed by atoms with Gasteiger partial charge in [-0.05, 0) is 12.1 Å². The third kappa shape index (κ3) is 3.18. The van der Waals surface area contributed by atoms with Crippen LogP contribution < -0.4 is 4.74 Å². The lowest BCUT2D eigenvalue weighted by Gasteiger charge is -2.15. The zero-order chi connectivity index (χ0) is 13.2. The molecule has 17 heavy (non-hydrogen) atoms. The molecule has 4 nitrogen and oxygen atoms in total. The number of carboxylic acid groups (broad SMARTS) is 1. The van der Waals surface area contributed by atoms with E-state index in [4.69, 9.17) is 28.3 Å². The lowest BCUT2D eigenvalue weighted by molar-refractivity contribution is -0.147. The highest BCUT2D eigenvalue weighted by Crippen LogP contribution is 2.38. The van der Waals surface area contributed by atoms with Crippen molar-refractivity contribution in [3.05, 3.63) is 27.7 Å². The highest BCUT2D eigenvalue weighted by molar-refractivity contribution is 6.42. The molecular weight excluding hydrogens is 281 g/mol. The molecule has 8 heteroatoms. The number of ether oxygens (including phenoxy) is 1. The van der Waals surface area contributed by atoms with Crippen molar-refractivity contribution in [1.82, 2.24) is 0 Å². The summed E-state index contributed by atoms with van der Waals surface area (Å²) in [7, 11) is 0. The summed E-state index contributed by atoms with van der Waals surface area (Å²) in [4.78, 5) is 10.6. The topological polar surface area (TPSA) is 66.8 Å². The molecule has 0 saturated carbocycles. The molecular formula is C9H6Cl2F2O4. The predicted octanol–water partition coefficient (Wildman–Crippen LogP) is 2.71. The summed E-state index contributed by atoms with van der Waals surface area (Å²) in [5.74, 6) is -2.20. The minimum absolute atomic E-state index is 0.0800. The summed E-state index contributed by atoms with van der Waals surface area (Å²) in [6.45, 7) is -3.17. The first kappa shape index (κ1) is 14.0. The number of carboxylic acids is 1. The van der Waals surface area contributed by atoms with E-state index in [-0.39, 0.29) is 10.0 Å². The van der Waals surface area contributed by atoms with Crippen molar-refractivity contribution >= 4 is 29.2 Å². The van der Waals surface area contributed by atoms with Gasteiger partial charge in [0.15, 0.2) is 6.10 Å². The van der Waals surface area contributed by atoms with E-state index >= 15 is 0 Å². The Bertz CT molecular complexity index is 439. The van der Waals surface area contributed by atoms with Crippen LogP contribution in [-0.2, 0) is 4.79 Å². The van der Waals surface area contributed by atoms with Gasteiger partial charge >= 0.3 is 12.6 Å². The van der Waals surface area contributed by atoms with Crippen molar-refractivity contribution in [2.45, 2.75) is 12.7 Å². The van der Waals surface area contributed by atoms with Crippen molar-refractivity contribution in [2.24, 2.45) is 0 Å². The molecule has 0 aliphatic heterocycles. The van der Waals surface area contributed by atoms with Gasteiger partial charge in [0.1, 0.15) is 5.75 Å². The zero-order valence-corrected chi connectivity index (χ0v) is 9.54. The van der Waals surface area contributed by atoms with Crippen molar-refractivity contribution in [1.29, 1.82) is 0 Å². The SMILES string of the molecule is O=C(O)[C@@H](O)c1c(OC(F)F)ccc(Cl)c1Cl. The Hall–Kier alpha value is -1.11. The minimum atomic E-state index is -3.17. The van der Waals surface area contributed by atoms with E-state index < -0.39 is 30.0 Å². The van der Waals surface area contributed by atoms with Gasteiger partial charge in [0, 0.05) is 0 Å². The summed E-state index contributed by atoms with van der Waals surface area (Å²) in [6, 6.07) is 2.15. The molecule has 1 aromatic carbocycles. The molecule has 94 valence electrons. The number of alkyl halides is 2. The minimum Gasteiger partial charge on any atom is -0.479 e. The Labute approximate surface area is 104 Å². The highest BCUT2D eigenvalue weighted by Gasteiger charge is 2.26. The van der Waals surface area contributed by atoms with Gasteiger partial charge in [-0.2, -0.15) is 8.78 Å².